The maximum absolute atomic E-state index is 13.3. The molecule has 0 unspecified atom stereocenters. The number of hydrogen-bond acceptors (Lipinski definition) is 4. The van der Waals surface area contributed by atoms with Gasteiger partial charge in [-0.3, -0.25) is 4.57 Å². The third-order valence-electron chi connectivity index (χ3n) is 5.02. The number of rotatable bonds is 4. The largest absolute Gasteiger partial charge is 0.352 e. The van der Waals surface area contributed by atoms with Crippen LogP contribution in [-0.4, -0.2) is 24.1 Å². The van der Waals surface area contributed by atoms with Gasteiger partial charge in [0.2, 0.25) is 0 Å². The van der Waals surface area contributed by atoms with Crippen LogP contribution < -0.4 is 5.32 Å². The highest BCUT2D eigenvalue weighted by Crippen LogP contribution is 2.30. The van der Waals surface area contributed by atoms with Crippen LogP contribution in [0, 0.1) is 12.7 Å². The molecule has 0 spiro atoms. The summed E-state index contributed by atoms with van der Waals surface area (Å²) in [5, 5.41) is 3.41. The fourth-order valence-electron chi connectivity index (χ4n) is 3.49. The van der Waals surface area contributed by atoms with E-state index in [9.17, 15) is 4.39 Å². The van der Waals surface area contributed by atoms with Gasteiger partial charge in [-0.2, -0.15) is 0 Å². The number of imidazole rings is 2. The monoisotopic (exact) mass is 398 g/mol. The summed E-state index contributed by atoms with van der Waals surface area (Å²) in [5.41, 5.74) is 5.37. The minimum Gasteiger partial charge on any atom is -0.352 e. The van der Waals surface area contributed by atoms with Gasteiger partial charge in [-0.15, -0.1) is 0 Å². The first-order valence-electron chi connectivity index (χ1n) is 9.54. The molecule has 0 aliphatic heterocycles. The molecule has 2 aromatic carbocycles. The van der Waals surface area contributed by atoms with Gasteiger partial charge in [-0.1, -0.05) is 6.07 Å². The predicted octanol–water partition coefficient (Wildman–Crippen LogP) is 5.01. The number of halogens is 1. The van der Waals surface area contributed by atoms with Crippen molar-refractivity contribution in [3.63, 3.8) is 0 Å². The van der Waals surface area contributed by atoms with Gasteiger partial charge >= 0.3 is 0 Å². The minimum atomic E-state index is -0.262. The van der Waals surface area contributed by atoms with E-state index in [0.717, 1.165) is 45.3 Å². The molecule has 1 N–H and O–H groups in total. The van der Waals surface area contributed by atoms with Crippen LogP contribution in [0.15, 0.2) is 73.3 Å². The minimum absolute atomic E-state index is 0.262. The maximum Gasteiger partial charge on any atom is 0.140 e. The van der Waals surface area contributed by atoms with E-state index in [4.69, 9.17) is 4.98 Å². The SMILES string of the molecule is Cc1cn(-c2ccc(Nc3cccc4c3nc(-c3ccc(F)cc3)n4C)cn2)cn1. The highest BCUT2D eigenvalue weighted by Gasteiger charge is 2.13. The van der Waals surface area contributed by atoms with Crippen molar-refractivity contribution >= 4 is 22.4 Å². The van der Waals surface area contributed by atoms with Crippen LogP contribution in [0.25, 0.3) is 28.2 Å². The van der Waals surface area contributed by atoms with Gasteiger partial charge in [0.15, 0.2) is 0 Å². The van der Waals surface area contributed by atoms with E-state index >= 15 is 0 Å². The second-order valence-electron chi connectivity index (χ2n) is 7.13. The number of nitrogens with one attached hydrogen (secondary N) is 1. The van der Waals surface area contributed by atoms with Crippen molar-refractivity contribution in [3.8, 4) is 17.2 Å². The standard InChI is InChI=1S/C23H19FN6/c1-15-13-30(14-26-15)21-11-10-18(12-25-21)27-19-4-3-5-20-22(19)28-23(29(20)2)16-6-8-17(24)9-7-16/h3-14,27H,1-2H3. The second kappa shape index (κ2) is 7.11. The first kappa shape index (κ1) is 18.1. The van der Waals surface area contributed by atoms with E-state index in [-0.39, 0.29) is 5.82 Å². The molecule has 3 aromatic heterocycles. The van der Waals surface area contributed by atoms with Crippen LogP contribution in [0.3, 0.4) is 0 Å². The number of aromatic nitrogens is 5. The van der Waals surface area contributed by atoms with Crippen LogP contribution in [0.4, 0.5) is 15.8 Å². The average molecular weight is 398 g/mol. The Morgan fingerprint density at radius 1 is 0.967 bits per heavy atom. The number of aryl methyl sites for hydroxylation is 2. The zero-order chi connectivity index (χ0) is 20.7. The zero-order valence-electron chi connectivity index (χ0n) is 16.5. The Morgan fingerprint density at radius 3 is 2.50 bits per heavy atom. The van der Waals surface area contributed by atoms with Gasteiger partial charge in [0, 0.05) is 18.8 Å². The van der Waals surface area contributed by atoms with Gasteiger partial charge in [0.05, 0.1) is 28.8 Å². The third kappa shape index (κ3) is 3.20. The normalized spacial score (nSPS) is 11.2. The molecule has 5 rings (SSSR count). The number of fused-ring (bicyclic) bond motifs is 1. The van der Waals surface area contributed by atoms with E-state index in [1.807, 2.05) is 59.6 Å². The lowest BCUT2D eigenvalue weighted by atomic mass is 10.2. The van der Waals surface area contributed by atoms with E-state index in [0.29, 0.717) is 0 Å². The van der Waals surface area contributed by atoms with Gasteiger partial charge < -0.3 is 9.88 Å². The first-order valence-corrected chi connectivity index (χ1v) is 9.54. The smallest absolute Gasteiger partial charge is 0.140 e. The summed E-state index contributed by atoms with van der Waals surface area (Å²) in [7, 11) is 1.96. The summed E-state index contributed by atoms with van der Waals surface area (Å²) < 4.78 is 17.2. The van der Waals surface area contributed by atoms with E-state index in [2.05, 4.69) is 15.3 Å². The third-order valence-corrected chi connectivity index (χ3v) is 5.02. The summed E-state index contributed by atoms with van der Waals surface area (Å²) in [6, 6.07) is 16.3. The Hall–Kier alpha value is -4.00. The number of nitrogens with zero attached hydrogens (tertiary/aromatic N) is 5. The molecule has 0 atom stereocenters. The summed E-state index contributed by atoms with van der Waals surface area (Å²) in [6.07, 6.45) is 5.46. The molecule has 0 saturated heterocycles. The molecular formula is C23H19FN6. The number of para-hydroxylation sites is 1. The van der Waals surface area contributed by atoms with E-state index in [1.165, 1.54) is 12.1 Å². The number of pyridine rings is 1. The topological polar surface area (TPSA) is 60.6 Å². The van der Waals surface area contributed by atoms with Crippen LogP contribution in [0.2, 0.25) is 0 Å². The second-order valence-corrected chi connectivity index (χ2v) is 7.13. The molecule has 3 heterocycles. The average Bonchev–Trinajstić information content (AvgIpc) is 3.34. The molecule has 0 amide bonds. The molecule has 0 bridgehead atoms. The van der Waals surface area contributed by atoms with Crippen molar-refractivity contribution in [2.24, 2.45) is 7.05 Å². The van der Waals surface area contributed by atoms with Crippen LogP contribution in [-0.2, 0) is 7.05 Å². The van der Waals surface area contributed by atoms with Crippen molar-refractivity contribution in [2.45, 2.75) is 6.92 Å². The maximum atomic E-state index is 13.3. The molecule has 7 heteroatoms. The Balaban J connectivity index is 1.49. The van der Waals surface area contributed by atoms with Crippen molar-refractivity contribution in [1.82, 2.24) is 24.1 Å². The lowest BCUT2D eigenvalue weighted by Crippen LogP contribution is -1.97. The predicted molar refractivity (Wildman–Crippen MR) is 115 cm³/mol. The van der Waals surface area contributed by atoms with Gasteiger partial charge in [0.1, 0.15) is 29.3 Å². The van der Waals surface area contributed by atoms with Gasteiger partial charge in [0.25, 0.3) is 0 Å². The molecule has 6 nitrogen and oxygen atoms in total. The lowest BCUT2D eigenvalue weighted by Gasteiger charge is -2.08. The molecule has 5 aromatic rings. The Bertz CT molecular complexity index is 1330. The molecule has 148 valence electrons. The molecule has 0 aliphatic rings. The fraction of sp³-hybridized carbons (Fsp3) is 0.0870. The lowest BCUT2D eigenvalue weighted by molar-refractivity contribution is 0.628. The van der Waals surface area contributed by atoms with Crippen LogP contribution >= 0.6 is 0 Å². The van der Waals surface area contributed by atoms with Crippen molar-refractivity contribution < 1.29 is 4.39 Å². The zero-order valence-corrected chi connectivity index (χ0v) is 16.5. The molecule has 30 heavy (non-hydrogen) atoms. The molecular weight excluding hydrogens is 379 g/mol. The number of anilines is 2. The first-order chi connectivity index (χ1) is 14.6. The summed E-state index contributed by atoms with van der Waals surface area (Å²) in [4.78, 5) is 13.6. The number of benzene rings is 2. The summed E-state index contributed by atoms with van der Waals surface area (Å²) >= 11 is 0. The van der Waals surface area contributed by atoms with Crippen molar-refractivity contribution in [2.75, 3.05) is 5.32 Å². The quantitative estimate of drug-likeness (QED) is 0.462. The molecule has 0 saturated carbocycles. The molecule has 0 aliphatic carbocycles. The van der Waals surface area contributed by atoms with Crippen LogP contribution in [0.1, 0.15) is 5.69 Å². The van der Waals surface area contributed by atoms with E-state index < -0.39 is 0 Å². The summed E-state index contributed by atoms with van der Waals surface area (Å²) in [5.74, 6) is 1.32. The highest BCUT2D eigenvalue weighted by atomic mass is 19.1. The van der Waals surface area contributed by atoms with Crippen molar-refractivity contribution in [1.29, 1.82) is 0 Å². The van der Waals surface area contributed by atoms with Gasteiger partial charge in [-0.25, -0.2) is 19.3 Å². The Labute approximate surface area is 172 Å². The highest BCUT2D eigenvalue weighted by molar-refractivity contribution is 5.92. The Kier molecular flexibility index (Phi) is 4.28. The molecule has 0 fully saturated rings. The van der Waals surface area contributed by atoms with Crippen molar-refractivity contribution in [3.05, 3.63) is 84.8 Å². The van der Waals surface area contributed by atoms with E-state index in [1.54, 1.807) is 24.7 Å². The number of hydrogen-bond donors (Lipinski definition) is 1. The Morgan fingerprint density at radius 2 is 1.80 bits per heavy atom. The molecule has 0 radical (unpaired) electrons. The summed E-state index contributed by atoms with van der Waals surface area (Å²) in [6.45, 7) is 1.94. The fourth-order valence-corrected chi connectivity index (χ4v) is 3.49. The van der Waals surface area contributed by atoms with Crippen LogP contribution in [0.5, 0.6) is 0 Å². The van der Waals surface area contributed by atoms with Gasteiger partial charge in [-0.05, 0) is 55.5 Å².